The van der Waals surface area contributed by atoms with Gasteiger partial charge in [0.2, 0.25) is 0 Å². The summed E-state index contributed by atoms with van der Waals surface area (Å²) in [5.41, 5.74) is 0.839. The Balaban J connectivity index is 2.47. The maximum Gasteiger partial charge on any atom is 0.408 e. The number of rotatable bonds is 7. The topological polar surface area (TPSA) is 81.7 Å². The van der Waals surface area contributed by atoms with Gasteiger partial charge in [-0.1, -0.05) is 30.3 Å². The van der Waals surface area contributed by atoms with Crippen LogP contribution in [-0.2, 0) is 25.7 Å². The van der Waals surface area contributed by atoms with Crippen molar-refractivity contribution in [3.8, 4) is 0 Å². The first kappa shape index (κ1) is 16.7. The second kappa shape index (κ2) is 8.73. The Kier molecular flexibility index (Phi) is 6.94. The van der Waals surface area contributed by atoms with E-state index in [-0.39, 0.29) is 25.2 Å². The molecule has 0 unspecified atom stereocenters. The van der Waals surface area contributed by atoms with Crippen LogP contribution < -0.4 is 5.32 Å². The molecular formula is C15H19NO5. The molecule has 0 saturated heterocycles. The molecule has 6 heteroatoms. The van der Waals surface area contributed by atoms with Gasteiger partial charge in [0.1, 0.15) is 18.4 Å². The summed E-state index contributed by atoms with van der Waals surface area (Å²) in [7, 11) is 1.22. The maximum atomic E-state index is 11.7. The van der Waals surface area contributed by atoms with E-state index in [1.165, 1.54) is 14.0 Å². The summed E-state index contributed by atoms with van der Waals surface area (Å²) < 4.78 is 9.61. The van der Waals surface area contributed by atoms with Gasteiger partial charge < -0.3 is 19.6 Å². The van der Waals surface area contributed by atoms with Gasteiger partial charge in [-0.15, -0.1) is 0 Å². The van der Waals surface area contributed by atoms with Crippen LogP contribution in [0.25, 0.3) is 0 Å². The lowest BCUT2D eigenvalue weighted by Crippen LogP contribution is -2.42. The third-order valence-corrected chi connectivity index (χ3v) is 2.78. The largest absolute Gasteiger partial charge is 0.467 e. The van der Waals surface area contributed by atoms with Gasteiger partial charge in [-0.05, 0) is 18.9 Å². The minimum absolute atomic E-state index is 0.0663. The molecule has 1 aromatic carbocycles. The van der Waals surface area contributed by atoms with Crippen LogP contribution in [-0.4, -0.2) is 31.0 Å². The number of ether oxygens (including phenoxy) is 2. The molecule has 6 nitrogen and oxygen atoms in total. The van der Waals surface area contributed by atoms with Crippen LogP contribution in [0.5, 0.6) is 0 Å². The van der Waals surface area contributed by atoms with Crippen LogP contribution in [0.15, 0.2) is 30.3 Å². The van der Waals surface area contributed by atoms with Gasteiger partial charge in [0, 0.05) is 6.42 Å². The van der Waals surface area contributed by atoms with Gasteiger partial charge in [0.05, 0.1) is 7.11 Å². The molecule has 0 heterocycles. The highest BCUT2D eigenvalue weighted by Crippen LogP contribution is 2.04. The summed E-state index contributed by atoms with van der Waals surface area (Å²) >= 11 is 0. The van der Waals surface area contributed by atoms with Crippen LogP contribution >= 0.6 is 0 Å². The normalized spacial score (nSPS) is 11.3. The van der Waals surface area contributed by atoms with Gasteiger partial charge in [-0.25, -0.2) is 9.59 Å². The molecule has 0 radical (unpaired) electrons. The minimum Gasteiger partial charge on any atom is -0.467 e. The summed E-state index contributed by atoms with van der Waals surface area (Å²) in [6, 6.07) is 8.28. The molecule has 1 atom stereocenters. The van der Waals surface area contributed by atoms with Gasteiger partial charge in [0.15, 0.2) is 0 Å². The molecule has 114 valence electrons. The standard InChI is InChI=1S/C15H19NO5/c1-11(17)8-9-13(14(18)20-2)16-15(19)21-10-12-6-4-3-5-7-12/h3-7,13H,8-10H2,1-2H3,(H,16,19)/t13-/m0/s1. The Hall–Kier alpha value is -2.37. The van der Waals surface area contributed by atoms with E-state index in [0.717, 1.165) is 5.56 Å². The minimum atomic E-state index is -0.887. The van der Waals surface area contributed by atoms with Gasteiger partial charge in [-0.3, -0.25) is 0 Å². The molecule has 0 fully saturated rings. The second-order valence-electron chi connectivity index (χ2n) is 4.52. The third kappa shape index (κ3) is 6.56. The first-order valence-electron chi connectivity index (χ1n) is 6.57. The van der Waals surface area contributed by atoms with Crippen molar-refractivity contribution in [2.75, 3.05) is 7.11 Å². The van der Waals surface area contributed by atoms with Crippen LogP contribution in [0, 0.1) is 0 Å². The third-order valence-electron chi connectivity index (χ3n) is 2.78. The highest BCUT2D eigenvalue weighted by atomic mass is 16.6. The van der Waals surface area contributed by atoms with E-state index in [1.54, 1.807) is 0 Å². The van der Waals surface area contributed by atoms with E-state index in [1.807, 2.05) is 30.3 Å². The first-order chi connectivity index (χ1) is 10.0. The molecule has 1 aromatic rings. The second-order valence-corrected chi connectivity index (χ2v) is 4.52. The molecule has 0 aromatic heterocycles. The Bertz CT molecular complexity index is 486. The smallest absolute Gasteiger partial charge is 0.408 e. The number of carbonyl (C=O) groups is 3. The lowest BCUT2D eigenvalue weighted by Gasteiger charge is -2.15. The highest BCUT2D eigenvalue weighted by Gasteiger charge is 2.22. The van der Waals surface area contributed by atoms with Crippen molar-refractivity contribution < 1.29 is 23.9 Å². The van der Waals surface area contributed by atoms with E-state index in [2.05, 4.69) is 10.1 Å². The van der Waals surface area contributed by atoms with E-state index >= 15 is 0 Å². The maximum absolute atomic E-state index is 11.7. The average molecular weight is 293 g/mol. The van der Waals surface area contributed by atoms with Crippen LogP contribution in [0.1, 0.15) is 25.3 Å². The van der Waals surface area contributed by atoms with E-state index in [9.17, 15) is 14.4 Å². The Morgan fingerprint density at radius 2 is 1.86 bits per heavy atom. The highest BCUT2D eigenvalue weighted by molar-refractivity contribution is 5.82. The number of hydrogen-bond donors (Lipinski definition) is 1. The summed E-state index contributed by atoms with van der Waals surface area (Å²) in [6.07, 6.45) is -0.362. The van der Waals surface area contributed by atoms with E-state index in [4.69, 9.17) is 4.74 Å². The summed E-state index contributed by atoms with van der Waals surface area (Å²) in [6.45, 7) is 1.52. The molecule has 0 aliphatic carbocycles. The zero-order valence-corrected chi connectivity index (χ0v) is 12.1. The van der Waals surface area contributed by atoms with E-state index < -0.39 is 18.1 Å². The van der Waals surface area contributed by atoms with Crippen molar-refractivity contribution in [3.63, 3.8) is 0 Å². The first-order valence-corrected chi connectivity index (χ1v) is 6.57. The Labute approximate surface area is 123 Å². The lowest BCUT2D eigenvalue weighted by molar-refractivity contribution is -0.143. The Morgan fingerprint density at radius 1 is 1.19 bits per heavy atom. The van der Waals surface area contributed by atoms with E-state index in [0.29, 0.717) is 0 Å². The number of hydrogen-bond acceptors (Lipinski definition) is 5. The fourth-order valence-electron chi connectivity index (χ4n) is 1.65. The van der Waals surface area contributed by atoms with Crippen molar-refractivity contribution >= 4 is 17.8 Å². The molecular weight excluding hydrogens is 274 g/mol. The van der Waals surface area contributed by atoms with Crippen molar-refractivity contribution in [1.82, 2.24) is 5.32 Å². The molecule has 1 N–H and O–H groups in total. The fraction of sp³-hybridized carbons (Fsp3) is 0.400. The predicted molar refractivity (Wildman–Crippen MR) is 75.5 cm³/mol. The summed E-state index contributed by atoms with van der Waals surface area (Å²) in [5.74, 6) is -0.670. The van der Waals surface area contributed by atoms with Crippen molar-refractivity contribution in [2.45, 2.75) is 32.4 Å². The molecule has 1 amide bonds. The molecule has 0 aliphatic heterocycles. The summed E-state index contributed by atoms with van der Waals surface area (Å²) in [5, 5.41) is 2.41. The van der Waals surface area contributed by atoms with Gasteiger partial charge >= 0.3 is 12.1 Å². The van der Waals surface area contributed by atoms with Crippen molar-refractivity contribution in [3.05, 3.63) is 35.9 Å². The quantitative estimate of drug-likeness (QED) is 0.775. The number of Topliss-reactive ketones (excluding diaryl/α,β-unsaturated/α-hetero) is 1. The zero-order valence-electron chi connectivity index (χ0n) is 12.1. The number of nitrogens with one attached hydrogen (secondary N) is 1. The average Bonchev–Trinajstić information content (AvgIpc) is 2.49. The van der Waals surface area contributed by atoms with Crippen molar-refractivity contribution in [2.24, 2.45) is 0 Å². The number of benzene rings is 1. The monoisotopic (exact) mass is 293 g/mol. The van der Waals surface area contributed by atoms with Crippen LogP contribution in [0.4, 0.5) is 4.79 Å². The number of ketones is 1. The van der Waals surface area contributed by atoms with Crippen LogP contribution in [0.3, 0.4) is 0 Å². The van der Waals surface area contributed by atoms with Gasteiger partial charge in [-0.2, -0.15) is 0 Å². The molecule has 0 bridgehead atoms. The number of alkyl carbamates (subject to hydrolysis) is 1. The predicted octanol–water partition coefficient (Wildman–Crippen LogP) is 1.82. The Morgan fingerprint density at radius 3 is 2.43 bits per heavy atom. The lowest BCUT2D eigenvalue weighted by atomic mass is 10.1. The number of amides is 1. The molecule has 1 rings (SSSR count). The summed E-state index contributed by atoms with van der Waals surface area (Å²) in [4.78, 5) is 34.2. The zero-order chi connectivity index (χ0) is 15.7. The van der Waals surface area contributed by atoms with Crippen molar-refractivity contribution in [1.29, 1.82) is 0 Å². The van der Waals surface area contributed by atoms with Gasteiger partial charge in [0.25, 0.3) is 0 Å². The molecule has 21 heavy (non-hydrogen) atoms. The van der Waals surface area contributed by atoms with Crippen LogP contribution in [0.2, 0.25) is 0 Å². The molecule has 0 saturated carbocycles. The fourth-order valence-corrected chi connectivity index (χ4v) is 1.65. The number of methoxy groups -OCH3 is 1. The molecule has 0 aliphatic rings. The molecule has 0 spiro atoms. The SMILES string of the molecule is COC(=O)[C@H](CCC(C)=O)NC(=O)OCc1ccccc1. The number of esters is 1. The number of carbonyl (C=O) groups excluding carboxylic acids is 3.